The van der Waals surface area contributed by atoms with Crippen LogP contribution >= 0.6 is 0 Å². The van der Waals surface area contributed by atoms with E-state index in [4.69, 9.17) is 0 Å². The van der Waals surface area contributed by atoms with Crippen molar-refractivity contribution in [2.45, 2.75) is 65.1 Å². The fourth-order valence-electron chi connectivity index (χ4n) is 5.65. The highest BCUT2D eigenvalue weighted by Gasteiger charge is 2.53. The lowest BCUT2D eigenvalue weighted by Gasteiger charge is -2.29. The molecule has 4 rings (SSSR count). The number of nitrogens with one attached hydrogen (secondary N) is 1. The van der Waals surface area contributed by atoms with Gasteiger partial charge in [-0.25, -0.2) is 4.99 Å². The number of hydrogen-bond acceptors (Lipinski definition) is 7. The molecule has 3 heterocycles. The monoisotopic (exact) mass is 535 g/mol. The van der Waals surface area contributed by atoms with Crippen LogP contribution in [0.25, 0.3) is 0 Å². The second kappa shape index (κ2) is 11.9. The molecule has 3 amide bonds. The third-order valence-corrected chi connectivity index (χ3v) is 7.61. The van der Waals surface area contributed by atoms with E-state index in [0.717, 1.165) is 18.8 Å². The minimum absolute atomic E-state index is 0.0971. The van der Waals surface area contributed by atoms with Gasteiger partial charge in [-0.15, -0.1) is 0 Å². The van der Waals surface area contributed by atoms with Gasteiger partial charge in [0.05, 0.1) is 12.6 Å². The summed E-state index contributed by atoms with van der Waals surface area (Å²) in [6, 6.07) is 5.17. The fourth-order valence-corrected chi connectivity index (χ4v) is 5.65. The molecule has 1 aromatic carbocycles. The maximum absolute atomic E-state index is 13.7. The SMILES string of the molecule is CCN(CC)c1ccc(C(=O)NC(CC(C)C)C(=O)N2CCC3C2C(=O)CN3C(=O)C2=NC=CCC2=O)cc1. The molecule has 0 aromatic heterocycles. The lowest BCUT2D eigenvalue weighted by molar-refractivity contribution is -0.138. The zero-order valence-corrected chi connectivity index (χ0v) is 23.1. The minimum Gasteiger partial charge on any atom is -0.372 e. The number of ketones is 2. The van der Waals surface area contributed by atoms with Crippen LogP contribution in [0.5, 0.6) is 0 Å². The molecule has 3 atom stereocenters. The van der Waals surface area contributed by atoms with E-state index in [1.54, 1.807) is 18.2 Å². The summed E-state index contributed by atoms with van der Waals surface area (Å²) in [4.78, 5) is 74.3. The van der Waals surface area contributed by atoms with E-state index in [9.17, 15) is 24.0 Å². The van der Waals surface area contributed by atoms with Gasteiger partial charge >= 0.3 is 0 Å². The number of rotatable bonds is 9. The van der Waals surface area contributed by atoms with E-state index < -0.39 is 24.0 Å². The summed E-state index contributed by atoms with van der Waals surface area (Å²) in [6.07, 6.45) is 3.92. The van der Waals surface area contributed by atoms with Gasteiger partial charge in [-0.05, 0) is 56.9 Å². The standard InChI is InChI=1S/C29H37N5O5/c1-5-32(6-2)20-11-9-19(10-12-20)27(37)31-21(16-18(3)4)28(38)33-15-13-22-26(33)24(36)17-34(22)29(39)25-23(35)8-7-14-30-25/h7,9-12,14,18,21-22,26H,5-6,8,13,15-17H2,1-4H3,(H,31,37). The Labute approximate surface area is 229 Å². The van der Waals surface area contributed by atoms with Crippen molar-refractivity contribution in [3.8, 4) is 0 Å². The molecule has 0 radical (unpaired) electrons. The number of fused-ring (bicyclic) bond motifs is 1. The molecule has 1 N–H and O–H groups in total. The van der Waals surface area contributed by atoms with E-state index in [0.29, 0.717) is 18.4 Å². The third kappa shape index (κ3) is 5.79. The summed E-state index contributed by atoms with van der Waals surface area (Å²) in [5.41, 5.74) is 1.30. The molecule has 2 fully saturated rings. The number of Topliss-reactive ketones (excluding diaryl/α,β-unsaturated/α-hetero) is 2. The Morgan fingerprint density at radius 3 is 2.38 bits per heavy atom. The zero-order valence-electron chi connectivity index (χ0n) is 23.1. The third-order valence-electron chi connectivity index (χ3n) is 7.61. The van der Waals surface area contributed by atoms with E-state index >= 15 is 0 Å². The minimum atomic E-state index is -0.814. The second-order valence-corrected chi connectivity index (χ2v) is 10.6. The van der Waals surface area contributed by atoms with Gasteiger partial charge in [0.15, 0.2) is 17.3 Å². The molecule has 10 heteroatoms. The van der Waals surface area contributed by atoms with Gasteiger partial charge in [0.1, 0.15) is 12.1 Å². The summed E-state index contributed by atoms with van der Waals surface area (Å²) in [5, 5.41) is 2.90. The first kappa shape index (κ1) is 28.2. The first-order chi connectivity index (χ1) is 18.7. The first-order valence-corrected chi connectivity index (χ1v) is 13.7. The molecule has 0 aliphatic carbocycles. The Morgan fingerprint density at radius 1 is 1.08 bits per heavy atom. The molecule has 0 bridgehead atoms. The van der Waals surface area contributed by atoms with Crippen LogP contribution in [0.3, 0.4) is 0 Å². The van der Waals surface area contributed by atoms with Crippen molar-refractivity contribution in [2.24, 2.45) is 10.9 Å². The number of nitrogens with zero attached hydrogens (tertiary/aromatic N) is 4. The van der Waals surface area contributed by atoms with Crippen molar-refractivity contribution in [1.82, 2.24) is 15.1 Å². The Kier molecular flexibility index (Phi) is 8.62. The number of hydrogen-bond donors (Lipinski definition) is 1. The number of benzene rings is 1. The molecule has 1 aromatic rings. The molecule has 39 heavy (non-hydrogen) atoms. The highest BCUT2D eigenvalue weighted by atomic mass is 16.2. The lowest BCUT2D eigenvalue weighted by Crippen LogP contribution is -2.53. The predicted molar refractivity (Wildman–Crippen MR) is 148 cm³/mol. The van der Waals surface area contributed by atoms with Gasteiger partial charge in [0, 0.05) is 43.5 Å². The van der Waals surface area contributed by atoms with Crippen LogP contribution in [0.15, 0.2) is 41.5 Å². The van der Waals surface area contributed by atoms with Gasteiger partial charge in [-0.3, -0.25) is 24.0 Å². The molecule has 0 spiro atoms. The van der Waals surface area contributed by atoms with Gasteiger partial charge in [0.2, 0.25) is 5.91 Å². The number of allylic oxidation sites excluding steroid dienone is 1. The molecule has 3 aliphatic rings. The summed E-state index contributed by atoms with van der Waals surface area (Å²) in [6.45, 7) is 9.90. The average molecular weight is 536 g/mol. The van der Waals surface area contributed by atoms with Crippen LogP contribution in [0.4, 0.5) is 5.69 Å². The van der Waals surface area contributed by atoms with Gasteiger partial charge in [0.25, 0.3) is 11.8 Å². The van der Waals surface area contributed by atoms with E-state index in [1.807, 2.05) is 26.0 Å². The van der Waals surface area contributed by atoms with Gasteiger partial charge in [-0.2, -0.15) is 0 Å². The van der Waals surface area contributed by atoms with E-state index in [1.165, 1.54) is 16.0 Å². The largest absolute Gasteiger partial charge is 0.372 e. The number of likely N-dealkylation sites (tertiary alicyclic amines) is 2. The van der Waals surface area contributed by atoms with Crippen molar-refractivity contribution < 1.29 is 24.0 Å². The maximum Gasteiger partial charge on any atom is 0.276 e. The van der Waals surface area contributed by atoms with Crippen LogP contribution in [-0.4, -0.2) is 89.1 Å². The van der Waals surface area contributed by atoms with Gasteiger partial charge < -0.3 is 20.0 Å². The molecule has 2 saturated heterocycles. The molecule has 3 aliphatic heterocycles. The lowest BCUT2D eigenvalue weighted by atomic mass is 10.0. The van der Waals surface area contributed by atoms with Crippen LogP contribution in [0.2, 0.25) is 0 Å². The molecule has 0 saturated carbocycles. The summed E-state index contributed by atoms with van der Waals surface area (Å²) in [5.74, 6) is -1.77. The fraction of sp³-hybridized carbons (Fsp3) is 0.517. The first-order valence-electron chi connectivity index (χ1n) is 13.7. The van der Waals surface area contributed by atoms with E-state index in [2.05, 4.69) is 29.1 Å². The Morgan fingerprint density at radius 2 is 1.77 bits per heavy atom. The van der Waals surface area contributed by atoms with Crippen molar-refractivity contribution in [2.75, 3.05) is 31.1 Å². The predicted octanol–water partition coefficient (Wildman–Crippen LogP) is 1.99. The van der Waals surface area contributed by atoms with E-state index in [-0.39, 0.29) is 54.5 Å². The molecular formula is C29H37N5O5. The molecule has 10 nitrogen and oxygen atoms in total. The maximum atomic E-state index is 13.7. The van der Waals surface area contributed by atoms with Crippen molar-refractivity contribution >= 4 is 40.7 Å². The Bertz CT molecular complexity index is 1200. The molecule has 208 valence electrons. The smallest absolute Gasteiger partial charge is 0.276 e. The highest BCUT2D eigenvalue weighted by molar-refractivity contribution is 6.66. The summed E-state index contributed by atoms with van der Waals surface area (Å²) in [7, 11) is 0. The van der Waals surface area contributed by atoms with Crippen LogP contribution in [0.1, 0.15) is 57.3 Å². The number of aliphatic imine (C=N–C) groups is 1. The van der Waals surface area contributed by atoms with Gasteiger partial charge in [-0.1, -0.05) is 19.9 Å². The average Bonchev–Trinajstić information content (AvgIpc) is 3.50. The Hall–Kier alpha value is -3.82. The summed E-state index contributed by atoms with van der Waals surface area (Å²) < 4.78 is 0. The van der Waals surface area contributed by atoms with Crippen LogP contribution in [0, 0.1) is 5.92 Å². The van der Waals surface area contributed by atoms with Crippen LogP contribution < -0.4 is 10.2 Å². The number of carbonyl (C=O) groups excluding carboxylic acids is 5. The van der Waals surface area contributed by atoms with Crippen molar-refractivity contribution in [3.63, 3.8) is 0 Å². The zero-order chi connectivity index (χ0) is 28.3. The quantitative estimate of drug-likeness (QED) is 0.517. The number of anilines is 1. The van der Waals surface area contributed by atoms with Crippen molar-refractivity contribution in [1.29, 1.82) is 0 Å². The highest BCUT2D eigenvalue weighted by Crippen LogP contribution is 2.31. The number of carbonyl (C=O) groups is 5. The molecular weight excluding hydrogens is 498 g/mol. The van der Waals surface area contributed by atoms with Crippen molar-refractivity contribution in [3.05, 3.63) is 42.1 Å². The number of amides is 3. The second-order valence-electron chi connectivity index (χ2n) is 10.6. The summed E-state index contributed by atoms with van der Waals surface area (Å²) >= 11 is 0. The molecule has 3 unspecified atom stereocenters. The Balaban J connectivity index is 1.48. The van der Waals surface area contributed by atoms with Crippen LogP contribution in [-0.2, 0) is 19.2 Å². The topological polar surface area (TPSA) is 119 Å². The normalized spacial score (nSPS) is 21.2.